The first-order valence-electron chi connectivity index (χ1n) is 6.44. The van der Waals surface area contributed by atoms with E-state index < -0.39 is 6.10 Å². The lowest BCUT2D eigenvalue weighted by Crippen LogP contribution is -2.07. The molecular weight excluding hydrogens is 292 g/mol. The second kappa shape index (κ2) is 5.76. The van der Waals surface area contributed by atoms with Gasteiger partial charge in [0.25, 0.3) is 0 Å². The SMILES string of the molecule is COc1ccc(Cl)cc1C(O)c1ccc(C(C)(C)C)s1. The molecule has 0 amide bonds. The summed E-state index contributed by atoms with van der Waals surface area (Å²) in [6.07, 6.45) is -0.718. The van der Waals surface area contributed by atoms with Crippen molar-refractivity contribution in [2.45, 2.75) is 32.3 Å². The minimum Gasteiger partial charge on any atom is -0.496 e. The normalized spacial score (nSPS) is 13.3. The minimum atomic E-state index is -0.718. The van der Waals surface area contributed by atoms with Gasteiger partial charge in [-0.15, -0.1) is 11.3 Å². The number of hydrogen-bond donors (Lipinski definition) is 1. The molecular formula is C16H19ClO2S. The molecule has 20 heavy (non-hydrogen) atoms. The van der Waals surface area contributed by atoms with E-state index in [2.05, 4.69) is 26.8 Å². The molecule has 0 aliphatic rings. The maximum Gasteiger partial charge on any atom is 0.125 e. The van der Waals surface area contributed by atoms with E-state index in [0.717, 1.165) is 4.88 Å². The molecule has 0 bridgehead atoms. The molecule has 2 rings (SSSR count). The zero-order chi connectivity index (χ0) is 14.9. The summed E-state index contributed by atoms with van der Waals surface area (Å²) in [4.78, 5) is 2.14. The lowest BCUT2D eigenvalue weighted by molar-refractivity contribution is 0.218. The Labute approximate surface area is 129 Å². The average Bonchev–Trinajstić information content (AvgIpc) is 2.87. The van der Waals surface area contributed by atoms with E-state index in [1.807, 2.05) is 6.07 Å². The van der Waals surface area contributed by atoms with Crippen LogP contribution in [-0.2, 0) is 5.41 Å². The van der Waals surface area contributed by atoms with Crippen LogP contribution in [0, 0.1) is 0 Å². The zero-order valence-electron chi connectivity index (χ0n) is 12.1. The molecule has 4 heteroatoms. The summed E-state index contributed by atoms with van der Waals surface area (Å²) in [5.74, 6) is 0.646. The van der Waals surface area contributed by atoms with E-state index in [-0.39, 0.29) is 5.41 Å². The van der Waals surface area contributed by atoms with Gasteiger partial charge in [-0.25, -0.2) is 0 Å². The smallest absolute Gasteiger partial charge is 0.125 e. The molecule has 0 aliphatic heterocycles. The third kappa shape index (κ3) is 3.17. The van der Waals surface area contributed by atoms with Crippen LogP contribution in [0.25, 0.3) is 0 Å². The van der Waals surface area contributed by atoms with Crippen LogP contribution in [0.5, 0.6) is 5.75 Å². The third-order valence-corrected chi connectivity index (χ3v) is 4.92. The summed E-state index contributed by atoms with van der Waals surface area (Å²) in [5.41, 5.74) is 0.781. The maximum absolute atomic E-state index is 10.6. The number of methoxy groups -OCH3 is 1. The number of ether oxygens (including phenoxy) is 1. The Morgan fingerprint density at radius 1 is 1.20 bits per heavy atom. The van der Waals surface area contributed by atoms with Crippen molar-refractivity contribution in [1.82, 2.24) is 0 Å². The van der Waals surface area contributed by atoms with Crippen LogP contribution in [0.15, 0.2) is 30.3 Å². The van der Waals surface area contributed by atoms with E-state index in [1.54, 1.807) is 36.6 Å². The molecule has 108 valence electrons. The second-order valence-corrected chi connectivity index (χ2v) is 7.29. The molecule has 1 aromatic heterocycles. The highest BCUT2D eigenvalue weighted by atomic mass is 35.5. The van der Waals surface area contributed by atoms with Crippen molar-refractivity contribution in [3.05, 3.63) is 50.7 Å². The Morgan fingerprint density at radius 2 is 1.90 bits per heavy atom. The Balaban J connectivity index is 2.38. The lowest BCUT2D eigenvalue weighted by Gasteiger charge is -2.16. The van der Waals surface area contributed by atoms with Crippen molar-refractivity contribution in [2.75, 3.05) is 7.11 Å². The standard InChI is InChI=1S/C16H19ClO2S/c1-16(2,3)14-8-7-13(20-14)15(18)11-9-10(17)5-6-12(11)19-4/h5-9,15,18H,1-4H3. The molecule has 1 atom stereocenters. The average molecular weight is 311 g/mol. The first kappa shape index (κ1) is 15.4. The zero-order valence-corrected chi connectivity index (χ0v) is 13.7. The van der Waals surface area contributed by atoms with Gasteiger partial charge >= 0.3 is 0 Å². The van der Waals surface area contributed by atoms with Crippen LogP contribution < -0.4 is 4.74 Å². The molecule has 0 spiro atoms. The maximum atomic E-state index is 10.6. The van der Waals surface area contributed by atoms with Crippen LogP contribution in [-0.4, -0.2) is 12.2 Å². The lowest BCUT2D eigenvalue weighted by atomic mass is 9.95. The number of thiophene rings is 1. The fraction of sp³-hybridized carbons (Fsp3) is 0.375. The van der Waals surface area contributed by atoms with E-state index in [0.29, 0.717) is 16.3 Å². The Hall–Kier alpha value is -1.03. The summed E-state index contributed by atoms with van der Waals surface area (Å²) in [6, 6.07) is 9.32. The predicted molar refractivity (Wildman–Crippen MR) is 85.1 cm³/mol. The third-order valence-electron chi connectivity index (χ3n) is 3.12. The number of rotatable bonds is 3. The second-order valence-electron chi connectivity index (χ2n) is 5.74. The van der Waals surface area contributed by atoms with E-state index in [9.17, 15) is 5.11 Å². The number of benzene rings is 1. The molecule has 1 unspecified atom stereocenters. The van der Waals surface area contributed by atoms with Crippen molar-refractivity contribution < 1.29 is 9.84 Å². The van der Waals surface area contributed by atoms with Crippen molar-refractivity contribution in [1.29, 1.82) is 0 Å². The van der Waals surface area contributed by atoms with E-state index in [4.69, 9.17) is 16.3 Å². The van der Waals surface area contributed by atoms with Crippen LogP contribution in [0.2, 0.25) is 5.02 Å². The summed E-state index contributed by atoms with van der Waals surface area (Å²) in [5, 5.41) is 11.2. The van der Waals surface area contributed by atoms with Crippen LogP contribution in [0.1, 0.15) is 42.2 Å². The molecule has 0 saturated heterocycles. The van der Waals surface area contributed by atoms with E-state index in [1.165, 1.54) is 4.88 Å². The van der Waals surface area contributed by atoms with Crippen LogP contribution in [0.3, 0.4) is 0 Å². The van der Waals surface area contributed by atoms with Crippen molar-refractivity contribution >= 4 is 22.9 Å². The molecule has 2 nitrogen and oxygen atoms in total. The molecule has 0 fully saturated rings. The van der Waals surface area contributed by atoms with Gasteiger partial charge in [-0.1, -0.05) is 32.4 Å². The number of aliphatic hydroxyl groups excluding tert-OH is 1. The van der Waals surface area contributed by atoms with Crippen molar-refractivity contribution in [2.24, 2.45) is 0 Å². The van der Waals surface area contributed by atoms with Crippen LogP contribution >= 0.6 is 22.9 Å². The molecule has 2 aromatic rings. The Kier molecular flexibility index (Phi) is 4.43. The summed E-state index contributed by atoms with van der Waals surface area (Å²) >= 11 is 7.64. The highest BCUT2D eigenvalue weighted by Gasteiger charge is 2.21. The molecule has 1 heterocycles. The fourth-order valence-electron chi connectivity index (χ4n) is 1.98. The van der Waals surface area contributed by atoms with Gasteiger partial charge in [0.2, 0.25) is 0 Å². The fourth-order valence-corrected chi connectivity index (χ4v) is 3.23. The first-order valence-corrected chi connectivity index (χ1v) is 7.64. The van der Waals surface area contributed by atoms with Gasteiger partial charge in [-0.2, -0.15) is 0 Å². The minimum absolute atomic E-state index is 0.0844. The summed E-state index contributed by atoms with van der Waals surface area (Å²) < 4.78 is 5.30. The van der Waals surface area contributed by atoms with Crippen molar-refractivity contribution in [3.63, 3.8) is 0 Å². The molecule has 0 radical (unpaired) electrons. The van der Waals surface area contributed by atoms with Gasteiger partial charge in [-0.05, 0) is 35.7 Å². The van der Waals surface area contributed by atoms with Gasteiger partial charge < -0.3 is 9.84 Å². The largest absolute Gasteiger partial charge is 0.496 e. The first-order chi connectivity index (χ1) is 9.32. The van der Waals surface area contributed by atoms with Gasteiger partial charge in [0, 0.05) is 20.3 Å². The summed E-state index contributed by atoms with van der Waals surface area (Å²) in [6.45, 7) is 6.49. The molecule has 0 saturated carbocycles. The van der Waals surface area contributed by atoms with Crippen LogP contribution in [0.4, 0.5) is 0 Å². The van der Waals surface area contributed by atoms with Gasteiger partial charge in [0.1, 0.15) is 11.9 Å². The van der Waals surface area contributed by atoms with Crippen molar-refractivity contribution in [3.8, 4) is 5.75 Å². The number of hydrogen-bond acceptors (Lipinski definition) is 3. The molecule has 1 N–H and O–H groups in total. The summed E-state index contributed by atoms with van der Waals surface area (Å²) in [7, 11) is 1.59. The van der Waals surface area contributed by atoms with E-state index >= 15 is 0 Å². The molecule has 0 aliphatic carbocycles. The predicted octanol–water partition coefficient (Wildman–Crippen LogP) is 4.79. The highest BCUT2D eigenvalue weighted by Crippen LogP contribution is 2.38. The topological polar surface area (TPSA) is 29.5 Å². The van der Waals surface area contributed by atoms with Gasteiger partial charge in [0.15, 0.2) is 0 Å². The van der Waals surface area contributed by atoms with Gasteiger partial charge in [0.05, 0.1) is 7.11 Å². The highest BCUT2D eigenvalue weighted by molar-refractivity contribution is 7.12. The Morgan fingerprint density at radius 3 is 2.45 bits per heavy atom. The van der Waals surface area contributed by atoms with Gasteiger partial charge in [-0.3, -0.25) is 0 Å². The Bertz CT molecular complexity index is 599. The number of aliphatic hydroxyl groups is 1. The monoisotopic (exact) mass is 310 g/mol. The molecule has 1 aromatic carbocycles. The quantitative estimate of drug-likeness (QED) is 0.883. The number of halogens is 1.